The van der Waals surface area contributed by atoms with Gasteiger partial charge in [-0.05, 0) is 92.3 Å². The van der Waals surface area contributed by atoms with Crippen molar-refractivity contribution in [2.24, 2.45) is 5.73 Å². The van der Waals surface area contributed by atoms with Crippen LogP contribution < -0.4 is 15.2 Å². The average Bonchev–Trinajstić information content (AvgIpc) is 3.52. The second-order valence-electron chi connectivity index (χ2n) is 11.9. The average molecular weight is 648 g/mol. The number of ether oxygens (including phenoxy) is 2. The zero-order chi connectivity index (χ0) is 32.8. The van der Waals surface area contributed by atoms with Crippen LogP contribution in [-0.2, 0) is 19.8 Å². The minimum atomic E-state index is 0.274. The number of aromatic nitrogens is 2. The SMILES string of the molecule is C=C(CCN)c1nc2cc(-c3cccc(COc4cc(OCc5cncc(C#N)c5)c(CN5CCCCC5)cc4Cl)c3C)ccc2o1. The first-order chi connectivity index (χ1) is 22.9. The van der Waals surface area contributed by atoms with E-state index in [9.17, 15) is 5.26 Å². The second-order valence-corrected chi connectivity index (χ2v) is 12.3. The van der Waals surface area contributed by atoms with Gasteiger partial charge in [0, 0.05) is 41.7 Å². The molecular weight excluding hydrogens is 610 g/mol. The van der Waals surface area contributed by atoms with Crippen LogP contribution in [-0.4, -0.2) is 34.5 Å². The molecule has 8 nitrogen and oxygen atoms in total. The highest BCUT2D eigenvalue weighted by molar-refractivity contribution is 6.32. The van der Waals surface area contributed by atoms with Gasteiger partial charge in [0.15, 0.2) is 5.58 Å². The van der Waals surface area contributed by atoms with Crippen LogP contribution >= 0.6 is 11.6 Å². The van der Waals surface area contributed by atoms with E-state index in [0.717, 1.165) is 64.1 Å². The molecule has 0 bridgehead atoms. The van der Waals surface area contributed by atoms with Gasteiger partial charge in [0.05, 0.1) is 10.6 Å². The van der Waals surface area contributed by atoms with E-state index >= 15 is 0 Å². The lowest BCUT2D eigenvalue weighted by Gasteiger charge is -2.27. The Labute approximate surface area is 280 Å². The lowest BCUT2D eigenvalue weighted by Crippen LogP contribution is -2.29. The van der Waals surface area contributed by atoms with Crippen molar-refractivity contribution in [3.05, 3.63) is 112 Å². The summed E-state index contributed by atoms with van der Waals surface area (Å²) in [6, 6.07) is 20.0. The third kappa shape index (κ3) is 7.66. The van der Waals surface area contributed by atoms with Crippen molar-refractivity contribution in [3.63, 3.8) is 0 Å². The number of halogens is 1. The standard InChI is InChI=1S/C38H38ClN5O3/c1-25(11-12-40)38-43-34-17-29(9-10-35(34)47-38)32-8-6-7-30(26(32)2)24-46-37-18-36(45-23-28-15-27(19-41)20-42-21-28)31(16-33(37)39)22-44-13-4-3-5-14-44/h6-10,15-18,20-21H,1,3-5,11-14,22-24,40H2,2H3. The van der Waals surface area contributed by atoms with Crippen molar-refractivity contribution in [2.45, 2.75) is 52.4 Å². The molecule has 0 spiro atoms. The van der Waals surface area contributed by atoms with Gasteiger partial charge in [0.1, 0.15) is 36.3 Å². The molecule has 0 aliphatic carbocycles. The quantitative estimate of drug-likeness (QED) is 0.144. The van der Waals surface area contributed by atoms with Crippen molar-refractivity contribution < 1.29 is 13.9 Å². The van der Waals surface area contributed by atoms with Crippen LogP contribution in [0.4, 0.5) is 0 Å². The van der Waals surface area contributed by atoms with Gasteiger partial charge in [-0.15, -0.1) is 0 Å². The van der Waals surface area contributed by atoms with E-state index in [1.165, 1.54) is 19.3 Å². The number of likely N-dealkylation sites (tertiary alicyclic amines) is 1. The Bertz CT molecular complexity index is 1940. The summed E-state index contributed by atoms with van der Waals surface area (Å²) in [5.74, 6) is 1.78. The molecule has 5 aromatic rings. The summed E-state index contributed by atoms with van der Waals surface area (Å²) in [7, 11) is 0. The van der Waals surface area contributed by atoms with Crippen LogP contribution in [0.5, 0.6) is 11.5 Å². The van der Waals surface area contributed by atoms with Crippen molar-refractivity contribution >= 4 is 28.3 Å². The highest BCUT2D eigenvalue weighted by atomic mass is 35.5. The predicted molar refractivity (Wildman–Crippen MR) is 185 cm³/mol. The van der Waals surface area contributed by atoms with Crippen LogP contribution in [0.3, 0.4) is 0 Å². The fourth-order valence-electron chi connectivity index (χ4n) is 5.93. The molecule has 47 heavy (non-hydrogen) atoms. The first-order valence-corrected chi connectivity index (χ1v) is 16.3. The van der Waals surface area contributed by atoms with E-state index < -0.39 is 0 Å². The maximum absolute atomic E-state index is 9.29. The number of nitriles is 1. The Morgan fingerprint density at radius 3 is 2.66 bits per heavy atom. The number of nitrogens with two attached hydrogens (primary N) is 1. The topological polar surface area (TPSA) is 110 Å². The molecule has 1 aliphatic heterocycles. The summed E-state index contributed by atoms with van der Waals surface area (Å²) in [6.07, 6.45) is 7.53. The summed E-state index contributed by atoms with van der Waals surface area (Å²) in [4.78, 5) is 11.3. The van der Waals surface area contributed by atoms with Gasteiger partial charge < -0.3 is 19.6 Å². The van der Waals surface area contributed by atoms with Gasteiger partial charge in [-0.2, -0.15) is 5.26 Å². The molecule has 0 amide bonds. The first-order valence-electron chi connectivity index (χ1n) is 15.9. The lowest BCUT2D eigenvalue weighted by molar-refractivity contribution is 0.214. The highest BCUT2D eigenvalue weighted by Crippen LogP contribution is 2.36. The number of rotatable bonds is 12. The third-order valence-electron chi connectivity index (χ3n) is 8.55. The number of fused-ring (bicyclic) bond motifs is 1. The third-order valence-corrected chi connectivity index (χ3v) is 8.85. The Morgan fingerprint density at radius 1 is 1.02 bits per heavy atom. The summed E-state index contributed by atoms with van der Waals surface area (Å²) < 4.78 is 18.6. The molecule has 0 atom stereocenters. The molecule has 3 aromatic carbocycles. The molecule has 9 heteroatoms. The number of hydrogen-bond donors (Lipinski definition) is 1. The Hall–Kier alpha value is -4.68. The molecule has 2 N–H and O–H groups in total. The van der Waals surface area contributed by atoms with Crippen molar-refractivity contribution in [1.82, 2.24) is 14.9 Å². The minimum Gasteiger partial charge on any atom is -0.488 e. The summed E-state index contributed by atoms with van der Waals surface area (Å²) in [6.45, 7) is 10.1. The predicted octanol–water partition coefficient (Wildman–Crippen LogP) is 8.23. The fraction of sp³-hybridized carbons (Fsp3) is 0.289. The van der Waals surface area contributed by atoms with Gasteiger partial charge in [-0.1, -0.05) is 48.9 Å². The Kier molecular flexibility index (Phi) is 10.2. The summed E-state index contributed by atoms with van der Waals surface area (Å²) >= 11 is 6.83. The van der Waals surface area contributed by atoms with E-state index in [-0.39, 0.29) is 6.61 Å². The minimum absolute atomic E-state index is 0.274. The van der Waals surface area contributed by atoms with Crippen molar-refractivity contribution in [3.8, 4) is 28.7 Å². The Morgan fingerprint density at radius 2 is 1.85 bits per heavy atom. The smallest absolute Gasteiger partial charge is 0.222 e. The lowest BCUT2D eigenvalue weighted by atomic mass is 9.96. The van der Waals surface area contributed by atoms with Crippen LogP contribution in [0.25, 0.3) is 27.8 Å². The summed E-state index contributed by atoms with van der Waals surface area (Å²) in [5, 5.41) is 9.83. The van der Waals surface area contributed by atoms with Gasteiger partial charge in [0.2, 0.25) is 5.89 Å². The molecule has 2 aromatic heterocycles. The summed E-state index contributed by atoms with van der Waals surface area (Å²) in [5.41, 5.74) is 14.5. The van der Waals surface area contributed by atoms with Crippen LogP contribution in [0.15, 0.2) is 78.0 Å². The van der Waals surface area contributed by atoms with Gasteiger partial charge in [0.25, 0.3) is 0 Å². The van der Waals surface area contributed by atoms with E-state index in [2.05, 4.69) is 46.6 Å². The van der Waals surface area contributed by atoms with E-state index in [4.69, 9.17) is 31.2 Å². The van der Waals surface area contributed by atoms with Gasteiger partial charge in [-0.25, -0.2) is 4.98 Å². The monoisotopic (exact) mass is 647 g/mol. The molecule has 240 valence electrons. The molecule has 0 saturated carbocycles. The molecule has 1 fully saturated rings. The second kappa shape index (κ2) is 14.8. The van der Waals surface area contributed by atoms with Crippen LogP contribution in [0.1, 0.15) is 59.4 Å². The van der Waals surface area contributed by atoms with Crippen LogP contribution in [0, 0.1) is 18.3 Å². The van der Waals surface area contributed by atoms with E-state index in [1.54, 1.807) is 18.5 Å². The normalized spacial score (nSPS) is 13.4. The fourth-order valence-corrected chi connectivity index (χ4v) is 6.17. The zero-order valence-electron chi connectivity index (χ0n) is 26.6. The highest BCUT2D eigenvalue weighted by Gasteiger charge is 2.18. The van der Waals surface area contributed by atoms with Gasteiger partial charge in [-0.3, -0.25) is 9.88 Å². The molecule has 0 radical (unpaired) electrons. The number of oxazole rings is 1. The number of benzene rings is 3. The molecule has 3 heterocycles. The maximum atomic E-state index is 9.29. The van der Waals surface area contributed by atoms with Crippen molar-refractivity contribution in [2.75, 3.05) is 19.6 Å². The van der Waals surface area contributed by atoms with E-state index in [0.29, 0.717) is 53.1 Å². The van der Waals surface area contributed by atoms with Crippen molar-refractivity contribution in [1.29, 1.82) is 5.26 Å². The number of nitrogens with zero attached hydrogens (tertiary/aromatic N) is 4. The molecule has 1 saturated heterocycles. The molecule has 0 unspecified atom stereocenters. The van der Waals surface area contributed by atoms with Crippen LogP contribution in [0.2, 0.25) is 5.02 Å². The molecular formula is C38H38ClN5O3. The zero-order valence-corrected chi connectivity index (χ0v) is 27.4. The Balaban J connectivity index is 1.23. The number of hydrogen-bond acceptors (Lipinski definition) is 8. The van der Waals surface area contributed by atoms with E-state index in [1.807, 2.05) is 36.4 Å². The maximum Gasteiger partial charge on any atom is 0.222 e. The van der Waals surface area contributed by atoms with Gasteiger partial charge >= 0.3 is 0 Å². The number of piperidine rings is 1. The first kappa shape index (κ1) is 32.3. The molecule has 6 rings (SSSR count). The molecule has 1 aliphatic rings. The number of pyridine rings is 1. The largest absolute Gasteiger partial charge is 0.488 e.